The summed E-state index contributed by atoms with van der Waals surface area (Å²) in [5.74, 6) is 1.64. The number of fused-ring (bicyclic) bond motifs is 1. The van der Waals surface area contributed by atoms with Gasteiger partial charge in [0.25, 0.3) is 0 Å². The zero-order valence-electron chi connectivity index (χ0n) is 17.5. The topological polar surface area (TPSA) is 58.1 Å². The Morgan fingerprint density at radius 2 is 1.71 bits per heavy atom. The smallest absolute Gasteiger partial charge is 0.228 e. The van der Waals surface area contributed by atoms with E-state index in [2.05, 4.69) is 34.3 Å². The van der Waals surface area contributed by atoms with E-state index in [4.69, 9.17) is 4.98 Å². The Morgan fingerprint density at radius 1 is 0.968 bits per heavy atom. The minimum absolute atomic E-state index is 0.0206. The van der Waals surface area contributed by atoms with E-state index in [1.165, 1.54) is 0 Å². The van der Waals surface area contributed by atoms with E-state index in [1.807, 2.05) is 66.9 Å². The lowest BCUT2D eigenvalue weighted by Gasteiger charge is -2.37. The zero-order chi connectivity index (χ0) is 21.2. The number of hydrogen-bond donors (Lipinski definition) is 1. The Labute approximate surface area is 181 Å². The van der Waals surface area contributed by atoms with Crippen LogP contribution < -0.4 is 10.2 Å². The first-order valence-electron chi connectivity index (χ1n) is 10.6. The molecule has 31 heavy (non-hydrogen) atoms. The van der Waals surface area contributed by atoms with Gasteiger partial charge in [0.1, 0.15) is 5.82 Å². The maximum Gasteiger partial charge on any atom is 0.228 e. The highest BCUT2D eigenvalue weighted by molar-refractivity contribution is 5.92. The van der Waals surface area contributed by atoms with E-state index in [0.29, 0.717) is 6.42 Å². The minimum Gasteiger partial charge on any atom is -0.355 e. The largest absolute Gasteiger partial charge is 0.355 e. The fraction of sp³-hybridized carbons (Fsp3) is 0.192. The van der Waals surface area contributed by atoms with Crippen LogP contribution in [0, 0.1) is 5.92 Å². The fourth-order valence-electron chi connectivity index (χ4n) is 3.95. The third-order valence-corrected chi connectivity index (χ3v) is 5.63. The van der Waals surface area contributed by atoms with Crippen molar-refractivity contribution in [2.75, 3.05) is 23.3 Å². The summed E-state index contributed by atoms with van der Waals surface area (Å²) in [4.78, 5) is 23.9. The molecule has 0 unspecified atom stereocenters. The molecule has 4 aromatic rings. The van der Waals surface area contributed by atoms with Crippen molar-refractivity contribution in [1.29, 1.82) is 0 Å². The standard InChI is InChI=1S/C26H24N4O/c1-18-16-30(17-18)25-15-27-23-12-9-21(14-24(23)29-25)20-7-10-22(11-8-20)28-26(31)13-19-5-3-2-4-6-19/h2-12,14-15,18H,13,16-17H2,1H3,(H,28,31). The number of aromatic nitrogens is 2. The zero-order valence-corrected chi connectivity index (χ0v) is 17.5. The lowest BCUT2D eigenvalue weighted by molar-refractivity contribution is -0.115. The SMILES string of the molecule is CC1CN(c2cnc3ccc(-c4ccc(NC(=O)Cc5ccccc5)cc4)cc3n2)C1. The fourth-order valence-corrected chi connectivity index (χ4v) is 3.95. The lowest BCUT2D eigenvalue weighted by atomic mass is 10.0. The maximum absolute atomic E-state index is 12.3. The van der Waals surface area contributed by atoms with Crippen molar-refractivity contribution >= 4 is 28.4 Å². The average molecular weight is 409 g/mol. The van der Waals surface area contributed by atoms with Gasteiger partial charge in [0.05, 0.1) is 23.7 Å². The average Bonchev–Trinajstić information content (AvgIpc) is 2.77. The van der Waals surface area contributed by atoms with Crippen molar-refractivity contribution in [1.82, 2.24) is 9.97 Å². The quantitative estimate of drug-likeness (QED) is 0.508. The molecule has 5 rings (SSSR count). The van der Waals surface area contributed by atoms with E-state index < -0.39 is 0 Å². The molecule has 1 amide bonds. The summed E-state index contributed by atoms with van der Waals surface area (Å²) >= 11 is 0. The van der Waals surface area contributed by atoms with Gasteiger partial charge in [-0.2, -0.15) is 0 Å². The van der Waals surface area contributed by atoms with Crippen LogP contribution in [0.25, 0.3) is 22.2 Å². The van der Waals surface area contributed by atoms with Gasteiger partial charge in [0.15, 0.2) is 0 Å². The molecule has 0 spiro atoms. The first-order chi connectivity index (χ1) is 15.1. The molecule has 1 aromatic heterocycles. The minimum atomic E-state index is -0.0206. The van der Waals surface area contributed by atoms with Crippen molar-refractivity contribution in [3.8, 4) is 11.1 Å². The third kappa shape index (κ3) is 4.26. The molecular weight excluding hydrogens is 384 g/mol. The Morgan fingerprint density at radius 3 is 2.45 bits per heavy atom. The molecule has 1 aliphatic heterocycles. The molecule has 5 nitrogen and oxygen atoms in total. The number of amides is 1. The van der Waals surface area contributed by atoms with Gasteiger partial charge in [0, 0.05) is 18.8 Å². The van der Waals surface area contributed by atoms with Gasteiger partial charge in [-0.15, -0.1) is 0 Å². The van der Waals surface area contributed by atoms with E-state index in [1.54, 1.807) is 0 Å². The van der Waals surface area contributed by atoms with E-state index in [-0.39, 0.29) is 5.91 Å². The summed E-state index contributed by atoms with van der Waals surface area (Å²) in [5.41, 5.74) is 5.74. The maximum atomic E-state index is 12.3. The first-order valence-corrected chi connectivity index (χ1v) is 10.6. The number of carbonyl (C=O) groups is 1. The molecule has 0 aliphatic carbocycles. The normalized spacial score (nSPS) is 13.8. The summed E-state index contributed by atoms with van der Waals surface area (Å²) in [5, 5.41) is 2.97. The monoisotopic (exact) mass is 408 g/mol. The van der Waals surface area contributed by atoms with Crippen molar-refractivity contribution in [3.05, 3.63) is 84.6 Å². The Kier molecular flexibility index (Phi) is 5.08. The van der Waals surface area contributed by atoms with Crippen molar-refractivity contribution in [2.24, 2.45) is 5.92 Å². The Hall–Kier alpha value is -3.73. The lowest BCUT2D eigenvalue weighted by Crippen LogP contribution is -2.45. The van der Waals surface area contributed by atoms with Crippen LogP contribution in [0.2, 0.25) is 0 Å². The highest BCUT2D eigenvalue weighted by atomic mass is 16.1. The molecule has 0 atom stereocenters. The predicted octanol–water partition coefficient (Wildman–Crippen LogP) is 4.93. The van der Waals surface area contributed by atoms with Crippen LogP contribution in [0.15, 0.2) is 79.0 Å². The number of benzene rings is 3. The second kappa shape index (κ2) is 8.19. The summed E-state index contributed by atoms with van der Waals surface area (Å²) in [6.45, 7) is 4.32. The molecular formula is C26H24N4O. The second-order valence-corrected chi connectivity index (χ2v) is 8.23. The number of rotatable bonds is 5. The molecule has 1 N–H and O–H groups in total. The van der Waals surface area contributed by atoms with Gasteiger partial charge in [-0.1, -0.05) is 55.5 Å². The van der Waals surface area contributed by atoms with Gasteiger partial charge < -0.3 is 10.2 Å². The van der Waals surface area contributed by atoms with Crippen LogP contribution >= 0.6 is 0 Å². The number of anilines is 2. The van der Waals surface area contributed by atoms with E-state index >= 15 is 0 Å². The number of nitrogens with one attached hydrogen (secondary N) is 1. The molecule has 2 heterocycles. The van der Waals surface area contributed by atoms with Crippen LogP contribution in [-0.2, 0) is 11.2 Å². The van der Waals surface area contributed by atoms with Gasteiger partial charge in [-0.05, 0) is 46.9 Å². The van der Waals surface area contributed by atoms with Gasteiger partial charge in [-0.25, -0.2) is 4.98 Å². The van der Waals surface area contributed by atoms with Crippen LogP contribution in [0.4, 0.5) is 11.5 Å². The van der Waals surface area contributed by atoms with Crippen molar-refractivity contribution in [3.63, 3.8) is 0 Å². The van der Waals surface area contributed by atoms with Gasteiger partial charge in [0.2, 0.25) is 5.91 Å². The summed E-state index contributed by atoms with van der Waals surface area (Å²) in [7, 11) is 0. The highest BCUT2D eigenvalue weighted by Gasteiger charge is 2.24. The first kappa shape index (κ1) is 19.2. The predicted molar refractivity (Wildman–Crippen MR) is 125 cm³/mol. The van der Waals surface area contributed by atoms with Gasteiger partial charge in [-0.3, -0.25) is 9.78 Å². The highest BCUT2D eigenvalue weighted by Crippen LogP contribution is 2.27. The second-order valence-electron chi connectivity index (χ2n) is 8.23. The summed E-state index contributed by atoms with van der Waals surface area (Å²) < 4.78 is 0. The van der Waals surface area contributed by atoms with Gasteiger partial charge >= 0.3 is 0 Å². The summed E-state index contributed by atoms with van der Waals surface area (Å²) in [6.07, 6.45) is 2.23. The number of carbonyl (C=O) groups excluding carboxylic acids is 1. The van der Waals surface area contributed by atoms with E-state index in [0.717, 1.165) is 58.2 Å². The number of nitrogens with zero attached hydrogens (tertiary/aromatic N) is 3. The van der Waals surface area contributed by atoms with Crippen molar-refractivity contribution in [2.45, 2.75) is 13.3 Å². The molecule has 1 fully saturated rings. The summed E-state index contributed by atoms with van der Waals surface area (Å²) in [6, 6.07) is 23.8. The van der Waals surface area contributed by atoms with E-state index in [9.17, 15) is 4.79 Å². The molecule has 154 valence electrons. The molecule has 1 aliphatic rings. The van der Waals surface area contributed by atoms with Crippen molar-refractivity contribution < 1.29 is 4.79 Å². The van der Waals surface area contributed by atoms with Crippen LogP contribution in [0.1, 0.15) is 12.5 Å². The molecule has 5 heteroatoms. The molecule has 0 bridgehead atoms. The van der Waals surface area contributed by atoms with Crippen LogP contribution in [0.3, 0.4) is 0 Å². The Bertz CT molecular complexity index is 1220. The molecule has 1 saturated heterocycles. The number of hydrogen-bond acceptors (Lipinski definition) is 4. The third-order valence-electron chi connectivity index (χ3n) is 5.63. The molecule has 0 radical (unpaired) electrons. The molecule has 0 saturated carbocycles. The Balaban J connectivity index is 1.31. The van der Waals surface area contributed by atoms with Crippen LogP contribution in [-0.4, -0.2) is 29.0 Å². The van der Waals surface area contributed by atoms with Crippen LogP contribution in [0.5, 0.6) is 0 Å². The molecule has 3 aromatic carbocycles.